The predicted octanol–water partition coefficient (Wildman–Crippen LogP) is 2.54. The number of carbonyl (C=O) groups is 1. The zero-order chi connectivity index (χ0) is 13.7. The monoisotopic (exact) mass is 312 g/mol. The topological polar surface area (TPSA) is 93.2 Å². The maximum absolute atomic E-state index is 11.7. The molecule has 0 saturated carbocycles. The number of hydrogen-bond donors (Lipinski definition) is 0. The number of nitrogens with zero attached hydrogens (tertiary/aromatic N) is 2. The molecule has 0 unspecified atom stereocenters. The van der Waals surface area contributed by atoms with Gasteiger partial charge in [0.15, 0.2) is 0 Å². The Balaban J connectivity index is 3.45. The number of alkyl halides is 1. The van der Waals surface area contributed by atoms with Crippen molar-refractivity contribution in [2.75, 3.05) is 6.61 Å². The lowest BCUT2D eigenvalue weighted by molar-refractivity contribution is -0.384. The average Bonchev–Trinajstić information content (AvgIpc) is 2.36. The third kappa shape index (κ3) is 2.84. The molecule has 0 atom stereocenters. The van der Waals surface area contributed by atoms with Gasteiger partial charge < -0.3 is 4.74 Å². The zero-order valence-electron chi connectivity index (χ0n) is 9.47. The lowest BCUT2D eigenvalue weighted by Crippen LogP contribution is -2.10. The summed E-state index contributed by atoms with van der Waals surface area (Å²) in [6.45, 7) is 1.81. The van der Waals surface area contributed by atoms with Crippen LogP contribution in [0.3, 0.4) is 0 Å². The van der Waals surface area contributed by atoms with Crippen LogP contribution in [0.15, 0.2) is 12.1 Å². The Kier molecular flexibility index (Phi) is 4.80. The van der Waals surface area contributed by atoms with Gasteiger partial charge in [-0.3, -0.25) is 10.1 Å². The number of nitriles is 1. The smallest absolute Gasteiger partial charge is 0.339 e. The van der Waals surface area contributed by atoms with Gasteiger partial charge in [0.25, 0.3) is 5.69 Å². The Labute approximate surface area is 111 Å². The van der Waals surface area contributed by atoms with Gasteiger partial charge in [-0.05, 0) is 12.5 Å². The summed E-state index contributed by atoms with van der Waals surface area (Å²) in [5.74, 6) is -0.654. The van der Waals surface area contributed by atoms with Crippen LogP contribution in [-0.2, 0) is 10.1 Å². The molecule has 0 saturated heterocycles. The fourth-order valence-electron chi connectivity index (χ4n) is 1.43. The van der Waals surface area contributed by atoms with Crippen molar-refractivity contribution in [2.45, 2.75) is 12.3 Å². The van der Waals surface area contributed by atoms with E-state index in [2.05, 4.69) is 15.9 Å². The molecule has 0 aromatic heterocycles. The molecule has 1 aromatic rings. The van der Waals surface area contributed by atoms with Crippen molar-refractivity contribution in [3.05, 3.63) is 38.9 Å². The van der Waals surface area contributed by atoms with E-state index in [0.717, 1.165) is 6.07 Å². The van der Waals surface area contributed by atoms with Crippen LogP contribution in [0.2, 0.25) is 0 Å². The Morgan fingerprint density at radius 3 is 2.72 bits per heavy atom. The third-order valence-electron chi connectivity index (χ3n) is 2.16. The number of benzene rings is 1. The summed E-state index contributed by atoms with van der Waals surface area (Å²) in [4.78, 5) is 21.8. The molecular weight excluding hydrogens is 304 g/mol. The minimum absolute atomic E-state index is 0.0582. The first kappa shape index (κ1) is 14.1. The highest BCUT2D eigenvalue weighted by molar-refractivity contribution is 9.08. The Morgan fingerprint density at radius 2 is 2.28 bits per heavy atom. The second-order valence-electron chi connectivity index (χ2n) is 3.25. The number of carbonyl (C=O) groups excluding carboxylic acids is 1. The van der Waals surface area contributed by atoms with Crippen molar-refractivity contribution in [2.24, 2.45) is 0 Å². The average molecular weight is 313 g/mol. The summed E-state index contributed by atoms with van der Waals surface area (Å²) in [6.07, 6.45) is 0. The van der Waals surface area contributed by atoms with Crippen LogP contribution in [0.1, 0.15) is 28.4 Å². The Hall–Kier alpha value is -1.94. The summed E-state index contributed by atoms with van der Waals surface area (Å²) in [6, 6.07) is 4.10. The molecule has 0 spiro atoms. The molecule has 94 valence electrons. The highest BCUT2D eigenvalue weighted by atomic mass is 79.9. The quantitative estimate of drug-likeness (QED) is 0.368. The molecule has 0 aliphatic rings. The van der Waals surface area contributed by atoms with Crippen LogP contribution in [0.4, 0.5) is 5.69 Å². The standard InChI is InChI=1S/C11H9BrN2O4/c1-2-18-11(15)10-7(5-12)3-9(14(16)17)4-8(10)6-13/h3-4H,2,5H2,1H3. The molecule has 6 nitrogen and oxygen atoms in total. The molecule has 0 amide bonds. The van der Waals surface area contributed by atoms with E-state index >= 15 is 0 Å². The maximum Gasteiger partial charge on any atom is 0.339 e. The molecule has 0 N–H and O–H groups in total. The molecule has 0 bridgehead atoms. The van der Waals surface area contributed by atoms with Crippen LogP contribution in [-0.4, -0.2) is 17.5 Å². The van der Waals surface area contributed by atoms with Gasteiger partial charge in [-0.15, -0.1) is 0 Å². The van der Waals surface area contributed by atoms with E-state index in [-0.39, 0.29) is 28.8 Å². The van der Waals surface area contributed by atoms with Gasteiger partial charge in [0.1, 0.15) is 6.07 Å². The number of nitro benzene ring substituents is 1. The number of hydrogen-bond acceptors (Lipinski definition) is 5. The van der Waals surface area contributed by atoms with Gasteiger partial charge in [0.2, 0.25) is 0 Å². The molecular formula is C11H9BrN2O4. The van der Waals surface area contributed by atoms with Crippen molar-refractivity contribution in [3.63, 3.8) is 0 Å². The molecule has 0 aliphatic heterocycles. The van der Waals surface area contributed by atoms with E-state index in [1.807, 2.05) is 0 Å². The van der Waals surface area contributed by atoms with E-state index in [1.165, 1.54) is 6.07 Å². The fraction of sp³-hybridized carbons (Fsp3) is 0.273. The van der Waals surface area contributed by atoms with E-state index in [1.54, 1.807) is 13.0 Å². The largest absolute Gasteiger partial charge is 0.462 e. The molecule has 7 heteroatoms. The van der Waals surface area contributed by atoms with Crippen molar-refractivity contribution in [1.82, 2.24) is 0 Å². The molecule has 18 heavy (non-hydrogen) atoms. The van der Waals surface area contributed by atoms with Crippen LogP contribution in [0.25, 0.3) is 0 Å². The van der Waals surface area contributed by atoms with E-state index in [4.69, 9.17) is 10.00 Å². The van der Waals surface area contributed by atoms with Crippen molar-refractivity contribution < 1.29 is 14.5 Å². The third-order valence-corrected chi connectivity index (χ3v) is 2.76. The van der Waals surface area contributed by atoms with Gasteiger partial charge in [0, 0.05) is 17.5 Å². The van der Waals surface area contributed by atoms with Gasteiger partial charge in [0.05, 0.1) is 22.7 Å². The Bertz CT molecular complexity index is 537. The number of nitro groups is 1. The van der Waals surface area contributed by atoms with Crippen LogP contribution < -0.4 is 0 Å². The van der Waals surface area contributed by atoms with Crippen LogP contribution in [0, 0.1) is 21.4 Å². The van der Waals surface area contributed by atoms with Crippen LogP contribution >= 0.6 is 15.9 Å². The second kappa shape index (κ2) is 6.12. The number of rotatable bonds is 4. The lowest BCUT2D eigenvalue weighted by Gasteiger charge is -2.08. The maximum atomic E-state index is 11.7. The molecule has 0 heterocycles. The molecule has 0 aliphatic carbocycles. The van der Waals surface area contributed by atoms with Gasteiger partial charge in [-0.25, -0.2) is 4.79 Å². The zero-order valence-corrected chi connectivity index (χ0v) is 11.1. The SMILES string of the molecule is CCOC(=O)c1c(C#N)cc([N+](=O)[O-])cc1CBr. The number of halogens is 1. The highest BCUT2D eigenvalue weighted by Crippen LogP contribution is 2.25. The van der Waals surface area contributed by atoms with Crippen molar-refractivity contribution in [1.29, 1.82) is 5.26 Å². The van der Waals surface area contributed by atoms with Crippen molar-refractivity contribution >= 4 is 27.6 Å². The summed E-state index contributed by atoms with van der Waals surface area (Å²) in [7, 11) is 0. The van der Waals surface area contributed by atoms with E-state index in [9.17, 15) is 14.9 Å². The highest BCUT2D eigenvalue weighted by Gasteiger charge is 2.21. The molecule has 0 radical (unpaired) electrons. The van der Waals surface area contributed by atoms with E-state index in [0.29, 0.717) is 5.56 Å². The number of ether oxygens (including phenoxy) is 1. The van der Waals surface area contributed by atoms with E-state index < -0.39 is 10.9 Å². The summed E-state index contributed by atoms with van der Waals surface area (Å²) in [5.41, 5.74) is 0.146. The van der Waals surface area contributed by atoms with Gasteiger partial charge in [-0.1, -0.05) is 15.9 Å². The summed E-state index contributed by atoms with van der Waals surface area (Å²) in [5, 5.41) is 19.9. The fourth-order valence-corrected chi connectivity index (χ4v) is 1.87. The van der Waals surface area contributed by atoms with Crippen LogP contribution in [0.5, 0.6) is 0 Å². The first-order valence-corrected chi connectivity index (χ1v) is 6.11. The van der Waals surface area contributed by atoms with Crippen molar-refractivity contribution in [3.8, 4) is 6.07 Å². The number of esters is 1. The summed E-state index contributed by atoms with van der Waals surface area (Å²) < 4.78 is 4.83. The number of non-ortho nitro benzene ring substituents is 1. The first-order valence-electron chi connectivity index (χ1n) is 4.99. The first-order chi connectivity index (χ1) is 8.54. The van der Waals surface area contributed by atoms with Gasteiger partial charge >= 0.3 is 5.97 Å². The molecule has 0 fully saturated rings. The van der Waals surface area contributed by atoms with Gasteiger partial charge in [-0.2, -0.15) is 5.26 Å². The molecule has 1 aromatic carbocycles. The minimum Gasteiger partial charge on any atom is -0.462 e. The predicted molar refractivity (Wildman–Crippen MR) is 66.4 cm³/mol. The normalized spacial score (nSPS) is 9.61. The molecule has 1 rings (SSSR count). The summed E-state index contributed by atoms with van der Waals surface area (Å²) >= 11 is 3.13. The minimum atomic E-state index is -0.654. The second-order valence-corrected chi connectivity index (χ2v) is 3.81. The lowest BCUT2D eigenvalue weighted by atomic mass is 10.0. The Morgan fingerprint density at radius 1 is 1.61 bits per heavy atom.